The molecule has 0 aromatic heterocycles. The Morgan fingerprint density at radius 1 is 0.975 bits per heavy atom. The zero-order chi connectivity index (χ0) is 29.4. The predicted octanol–water partition coefficient (Wildman–Crippen LogP) is 4.63. The lowest BCUT2D eigenvalue weighted by molar-refractivity contribution is -0.384. The molecule has 0 bridgehead atoms. The Labute approximate surface area is 238 Å². The fraction of sp³-hybridized carbons (Fsp3) is 0.286. The Bertz CT molecular complexity index is 1470. The van der Waals surface area contributed by atoms with Crippen LogP contribution in [0.25, 0.3) is 0 Å². The van der Waals surface area contributed by atoms with Gasteiger partial charge in [0.25, 0.3) is 15.7 Å². The lowest BCUT2D eigenvalue weighted by atomic mass is 10.1. The molecule has 10 nitrogen and oxygen atoms in total. The largest absolute Gasteiger partial charge is 0.354 e. The van der Waals surface area contributed by atoms with E-state index in [9.17, 15) is 28.1 Å². The van der Waals surface area contributed by atoms with E-state index >= 15 is 0 Å². The normalized spacial score (nSPS) is 12.0. The summed E-state index contributed by atoms with van der Waals surface area (Å²) in [5.74, 6) is -0.940. The minimum Gasteiger partial charge on any atom is -0.354 e. The number of nitrogens with one attached hydrogen (secondary N) is 1. The van der Waals surface area contributed by atoms with Crippen molar-refractivity contribution in [2.75, 3.05) is 17.4 Å². The third-order valence-corrected chi connectivity index (χ3v) is 8.25. The van der Waals surface area contributed by atoms with Crippen LogP contribution < -0.4 is 9.62 Å². The third kappa shape index (κ3) is 7.57. The van der Waals surface area contributed by atoms with Gasteiger partial charge in [-0.3, -0.25) is 24.0 Å². The minimum atomic E-state index is -4.34. The minimum absolute atomic E-state index is 0.0665. The SMILES string of the molecule is CC(C)CNC(=O)[C@H](C)N(Cc1ccccc1Cl)C(=O)CN(c1cccc([N+](=O)[O-])c1)S(=O)(=O)c1ccccc1. The summed E-state index contributed by atoms with van der Waals surface area (Å²) < 4.78 is 28.3. The van der Waals surface area contributed by atoms with Gasteiger partial charge in [-0.05, 0) is 42.7 Å². The lowest BCUT2D eigenvalue weighted by Gasteiger charge is -2.32. The van der Waals surface area contributed by atoms with Crippen molar-refractivity contribution in [1.29, 1.82) is 0 Å². The number of nitro benzene ring substituents is 1. The average molecular weight is 587 g/mol. The van der Waals surface area contributed by atoms with E-state index in [-0.39, 0.29) is 28.7 Å². The van der Waals surface area contributed by atoms with E-state index in [0.717, 1.165) is 10.4 Å². The van der Waals surface area contributed by atoms with Crippen molar-refractivity contribution in [2.45, 2.75) is 38.3 Å². The topological polar surface area (TPSA) is 130 Å². The Balaban J connectivity index is 2.05. The van der Waals surface area contributed by atoms with Gasteiger partial charge in [0.15, 0.2) is 0 Å². The average Bonchev–Trinajstić information content (AvgIpc) is 2.94. The number of nitrogens with zero attached hydrogens (tertiary/aromatic N) is 3. The van der Waals surface area contributed by atoms with Gasteiger partial charge in [0.2, 0.25) is 11.8 Å². The molecule has 3 aromatic carbocycles. The number of hydrogen-bond acceptors (Lipinski definition) is 6. The molecule has 0 fully saturated rings. The molecule has 0 saturated heterocycles. The molecule has 212 valence electrons. The number of rotatable bonds is 12. The molecular weight excluding hydrogens is 556 g/mol. The van der Waals surface area contributed by atoms with Crippen LogP contribution >= 0.6 is 11.6 Å². The molecule has 0 heterocycles. The number of non-ortho nitro benzene ring substituents is 1. The summed E-state index contributed by atoms with van der Waals surface area (Å²) >= 11 is 6.35. The van der Waals surface area contributed by atoms with E-state index in [2.05, 4.69) is 5.32 Å². The van der Waals surface area contributed by atoms with Gasteiger partial charge in [-0.2, -0.15) is 0 Å². The summed E-state index contributed by atoms with van der Waals surface area (Å²) in [5, 5.41) is 14.6. The highest BCUT2D eigenvalue weighted by molar-refractivity contribution is 7.92. The van der Waals surface area contributed by atoms with Crippen molar-refractivity contribution >= 4 is 44.8 Å². The number of benzene rings is 3. The first-order chi connectivity index (χ1) is 18.9. The van der Waals surface area contributed by atoms with E-state index in [1.54, 1.807) is 37.3 Å². The van der Waals surface area contributed by atoms with E-state index in [1.807, 2.05) is 13.8 Å². The molecular formula is C28H31ClN4O6S. The number of sulfonamides is 1. The van der Waals surface area contributed by atoms with Crippen LogP contribution in [0.5, 0.6) is 0 Å². The van der Waals surface area contributed by atoms with E-state index in [4.69, 9.17) is 11.6 Å². The van der Waals surface area contributed by atoms with Crippen molar-refractivity contribution < 1.29 is 22.9 Å². The molecule has 0 aliphatic rings. The van der Waals surface area contributed by atoms with Crippen LogP contribution in [0.1, 0.15) is 26.3 Å². The molecule has 0 aliphatic heterocycles. The molecule has 1 atom stereocenters. The summed E-state index contributed by atoms with van der Waals surface area (Å²) in [6.07, 6.45) is 0. The van der Waals surface area contributed by atoms with Gasteiger partial charge < -0.3 is 10.2 Å². The summed E-state index contributed by atoms with van der Waals surface area (Å²) in [4.78, 5) is 38.8. The summed E-state index contributed by atoms with van der Waals surface area (Å²) in [6.45, 7) is 5.02. The summed E-state index contributed by atoms with van der Waals surface area (Å²) in [5.41, 5.74) is 0.155. The molecule has 1 N–H and O–H groups in total. The second-order valence-electron chi connectivity index (χ2n) is 9.53. The highest BCUT2D eigenvalue weighted by Gasteiger charge is 2.33. The summed E-state index contributed by atoms with van der Waals surface area (Å²) in [6, 6.07) is 18.3. The Morgan fingerprint density at radius 2 is 1.62 bits per heavy atom. The van der Waals surface area contributed by atoms with Gasteiger partial charge in [0, 0.05) is 30.2 Å². The van der Waals surface area contributed by atoms with Gasteiger partial charge in [0.1, 0.15) is 12.6 Å². The van der Waals surface area contributed by atoms with Crippen LogP contribution in [0.4, 0.5) is 11.4 Å². The van der Waals surface area contributed by atoms with Crippen molar-refractivity contribution in [3.05, 3.63) is 99.6 Å². The van der Waals surface area contributed by atoms with E-state index in [0.29, 0.717) is 17.1 Å². The van der Waals surface area contributed by atoms with Crippen LogP contribution in [0.3, 0.4) is 0 Å². The quantitative estimate of drug-likeness (QED) is 0.243. The third-order valence-electron chi connectivity index (χ3n) is 6.09. The maximum atomic E-state index is 13.9. The maximum absolute atomic E-state index is 13.9. The molecule has 0 spiro atoms. The highest BCUT2D eigenvalue weighted by atomic mass is 35.5. The molecule has 3 rings (SSSR count). The fourth-order valence-electron chi connectivity index (χ4n) is 3.86. The van der Waals surface area contributed by atoms with E-state index < -0.39 is 39.3 Å². The molecule has 0 saturated carbocycles. The van der Waals surface area contributed by atoms with Gasteiger partial charge in [0.05, 0.1) is 15.5 Å². The standard InChI is InChI=1S/C28H31ClN4O6S/c1-20(2)17-30-28(35)21(3)31(18-22-10-7-8-15-26(22)29)27(34)19-32(23-11-9-12-24(16-23)33(36)37)40(38,39)25-13-5-4-6-14-25/h4-16,20-21H,17-19H2,1-3H3,(H,30,35)/t21-/m0/s1. The van der Waals surface area contributed by atoms with Gasteiger partial charge in [-0.15, -0.1) is 0 Å². The molecule has 0 aliphatic carbocycles. The van der Waals surface area contributed by atoms with Crippen molar-refractivity contribution in [3.8, 4) is 0 Å². The molecule has 0 unspecified atom stereocenters. The first-order valence-corrected chi connectivity index (χ1v) is 14.4. The number of anilines is 1. The number of amides is 2. The van der Waals surface area contributed by atoms with Crippen LogP contribution in [-0.2, 0) is 26.2 Å². The Hall–Kier alpha value is -3.96. The predicted molar refractivity (Wildman–Crippen MR) is 153 cm³/mol. The first-order valence-electron chi connectivity index (χ1n) is 12.5. The zero-order valence-electron chi connectivity index (χ0n) is 22.4. The van der Waals surface area contributed by atoms with Gasteiger partial charge in [-0.25, -0.2) is 8.42 Å². The van der Waals surface area contributed by atoms with Crippen molar-refractivity contribution in [3.63, 3.8) is 0 Å². The maximum Gasteiger partial charge on any atom is 0.271 e. The van der Waals surface area contributed by atoms with Crippen molar-refractivity contribution in [2.24, 2.45) is 5.92 Å². The van der Waals surface area contributed by atoms with E-state index in [1.165, 1.54) is 47.4 Å². The monoisotopic (exact) mass is 586 g/mol. The number of carbonyl (C=O) groups is 2. The number of nitro groups is 1. The molecule has 0 radical (unpaired) electrons. The molecule has 2 amide bonds. The highest BCUT2D eigenvalue weighted by Crippen LogP contribution is 2.28. The Morgan fingerprint density at radius 3 is 2.25 bits per heavy atom. The number of halogens is 1. The summed E-state index contributed by atoms with van der Waals surface area (Å²) in [7, 11) is -4.34. The second-order valence-corrected chi connectivity index (χ2v) is 11.8. The fourth-order valence-corrected chi connectivity index (χ4v) is 5.48. The lowest BCUT2D eigenvalue weighted by Crippen LogP contribution is -2.51. The van der Waals surface area contributed by atoms with Crippen LogP contribution in [0.2, 0.25) is 5.02 Å². The molecule has 40 heavy (non-hydrogen) atoms. The number of carbonyl (C=O) groups excluding carboxylic acids is 2. The first kappa shape index (κ1) is 30.6. The molecule has 3 aromatic rings. The van der Waals surface area contributed by atoms with Crippen LogP contribution in [0.15, 0.2) is 83.8 Å². The van der Waals surface area contributed by atoms with Crippen LogP contribution in [-0.4, -0.2) is 49.2 Å². The van der Waals surface area contributed by atoms with Gasteiger partial charge in [-0.1, -0.05) is 67.9 Å². The van der Waals surface area contributed by atoms with Gasteiger partial charge >= 0.3 is 0 Å². The molecule has 12 heteroatoms. The second kappa shape index (κ2) is 13.4. The number of hydrogen-bond donors (Lipinski definition) is 1. The Kier molecular flexibility index (Phi) is 10.2. The smallest absolute Gasteiger partial charge is 0.271 e. The zero-order valence-corrected chi connectivity index (χ0v) is 23.9. The van der Waals surface area contributed by atoms with Crippen LogP contribution in [0, 0.1) is 16.0 Å². The van der Waals surface area contributed by atoms with Crippen molar-refractivity contribution in [1.82, 2.24) is 10.2 Å².